The van der Waals surface area contributed by atoms with E-state index in [4.69, 9.17) is 4.18 Å². The van der Waals surface area contributed by atoms with E-state index in [1.165, 1.54) is 12.1 Å². The van der Waals surface area contributed by atoms with Crippen LogP contribution in [0.3, 0.4) is 0 Å². The number of hydrogen-bond donors (Lipinski definition) is 1. The topological polar surface area (TPSA) is 63.6 Å². The van der Waals surface area contributed by atoms with E-state index in [-0.39, 0.29) is 17.4 Å². The second-order valence-electron chi connectivity index (χ2n) is 5.85. The van der Waals surface area contributed by atoms with Crippen molar-refractivity contribution in [3.05, 3.63) is 29.8 Å². The molecule has 0 radical (unpaired) electrons. The summed E-state index contributed by atoms with van der Waals surface area (Å²) in [5, 5.41) is 9.80. The van der Waals surface area contributed by atoms with Gasteiger partial charge in [0.2, 0.25) is 0 Å². The molecular formula is C15H21FO4S. The average molecular weight is 316 g/mol. The zero-order chi connectivity index (χ0) is 15.5. The van der Waals surface area contributed by atoms with Gasteiger partial charge in [0, 0.05) is 0 Å². The Morgan fingerprint density at radius 3 is 2.38 bits per heavy atom. The monoisotopic (exact) mass is 316 g/mol. The summed E-state index contributed by atoms with van der Waals surface area (Å²) in [6.45, 7) is 1.21. The molecule has 0 atom stereocenters. The third-order valence-electron chi connectivity index (χ3n) is 4.05. The van der Waals surface area contributed by atoms with Gasteiger partial charge >= 0.3 is 0 Å². The molecule has 1 fully saturated rings. The number of halogens is 1. The molecule has 0 spiro atoms. The first kappa shape index (κ1) is 16.4. The number of benzene rings is 1. The van der Waals surface area contributed by atoms with Gasteiger partial charge in [0.15, 0.2) is 0 Å². The SMILES string of the molecule is Cc1ccc(S(=O)(=O)OC[C@H]2CC[C@](O)(CF)CC2)cc1. The van der Waals surface area contributed by atoms with E-state index in [1.54, 1.807) is 12.1 Å². The molecule has 1 aliphatic carbocycles. The minimum atomic E-state index is -3.75. The van der Waals surface area contributed by atoms with Crippen LogP contribution in [0.1, 0.15) is 31.2 Å². The molecule has 0 unspecified atom stereocenters. The summed E-state index contributed by atoms with van der Waals surface area (Å²) >= 11 is 0. The van der Waals surface area contributed by atoms with E-state index in [2.05, 4.69) is 0 Å². The van der Waals surface area contributed by atoms with Gasteiger partial charge in [-0.15, -0.1) is 0 Å². The molecule has 21 heavy (non-hydrogen) atoms. The number of hydrogen-bond acceptors (Lipinski definition) is 4. The molecule has 6 heteroatoms. The smallest absolute Gasteiger partial charge is 0.296 e. The molecule has 1 aromatic carbocycles. The fourth-order valence-electron chi connectivity index (χ4n) is 2.47. The van der Waals surface area contributed by atoms with Gasteiger partial charge in [0.1, 0.15) is 6.67 Å². The molecule has 2 rings (SSSR count). The predicted octanol–water partition coefficient (Wildman–Crippen LogP) is 2.59. The quantitative estimate of drug-likeness (QED) is 0.848. The van der Waals surface area contributed by atoms with E-state index >= 15 is 0 Å². The van der Waals surface area contributed by atoms with Crippen LogP contribution in [0.2, 0.25) is 0 Å². The Bertz CT molecular complexity index is 560. The summed E-state index contributed by atoms with van der Waals surface area (Å²) in [6, 6.07) is 6.48. The van der Waals surface area contributed by atoms with Gasteiger partial charge < -0.3 is 5.11 Å². The molecule has 0 bridgehead atoms. The van der Waals surface area contributed by atoms with Crippen LogP contribution >= 0.6 is 0 Å². The minimum absolute atomic E-state index is 0.0389. The normalized spacial score (nSPS) is 26.7. The van der Waals surface area contributed by atoms with E-state index in [9.17, 15) is 17.9 Å². The van der Waals surface area contributed by atoms with Crippen LogP contribution in [0, 0.1) is 12.8 Å². The highest BCUT2D eigenvalue weighted by Crippen LogP contribution is 2.33. The van der Waals surface area contributed by atoms with Gasteiger partial charge in [0.25, 0.3) is 10.1 Å². The summed E-state index contributed by atoms with van der Waals surface area (Å²) in [5.74, 6) is 0.0389. The lowest BCUT2D eigenvalue weighted by molar-refractivity contribution is -0.0326. The molecule has 1 N–H and O–H groups in total. The van der Waals surface area contributed by atoms with Crippen molar-refractivity contribution in [3.63, 3.8) is 0 Å². The number of aliphatic hydroxyl groups is 1. The highest BCUT2D eigenvalue weighted by Gasteiger charge is 2.33. The van der Waals surface area contributed by atoms with Gasteiger partial charge in [-0.3, -0.25) is 4.18 Å². The van der Waals surface area contributed by atoms with Gasteiger partial charge in [0.05, 0.1) is 17.1 Å². The predicted molar refractivity (Wildman–Crippen MR) is 77.2 cm³/mol. The van der Waals surface area contributed by atoms with Crippen LogP contribution in [0.4, 0.5) is 4.39 Å². The minimum Gasteiger partial charge on any atom is -0.387 e. The number of alkyl halides is 1. The summed E-state index contributed by atoms with van der Waals surface area (Å²) < 4.78 is 41.8. The van der Waals surface area contributed by atoms with Crippen molar-refractivity contribution in [1.29, 1.82) is 0 Å². The maximum Gasteiger partial charge on any atom is 0.296 e. The molecule has 118 valence electrons. The van der Waals surface area contributed by atoms with Crippen molar-refractivity contribution in [2.24, 2.45) is 5.92 Å². The molecule has 4 nitrogen and oxygen atoms in total. The van der Waals surface area contributed by atoms with Crippen molar-refractivity contribution in [1.82, 2.24) is 0 Å². The van der Waals surface area contributed by atoms with Crippen LogP contribution in [0.25, 0.3) is 0 Å². The molecule has 0 heterocycles. The molecule has 0 saturated heterocycles. The number of rotatable bonds is 5. The Morgan fingerprint density at radius 2 is 1.86 bits per heavy atom. The van der Waals surface area contributed by atoms with E-state index < -0.39 is 22.4 Å². The van der Waals surface area contributed by atoms with Gasteiger partial charge in [-0.05, 0) is 50.7 Å². The summed E-state index contributed by atoms with van der Waals surface area (Å²) in [7, 11) is -3.75. The molecule has 0 aliphatic heterocycles. The first-order chi connectivity index (χ1) is 9.85. The lowest BCUT2D eigenvalue weighted by Gasteiger charge is -2.33. The lowest BCUT2D eigenvalue weighted by Crippen LogP contribution is -2.37. The van der Waals surface area contributed by atoms with Crippen molar-refractivity contribution >= 4 is 10.1 Å². The third kappa shape index (κ3) is 4.25. The average Bonchev–Trinajstić information content (AvgIpc) is 2.47. The molecule has 1 saturated carbocycles. The third-order valence-corrected chi connectivity index (χ3v) is 5.35. The van der Waals surface area contributed by atoms with Gasteiger partial charge in [-0.25, -0.2) is 4.39 Å². The van der Waals surface area contributed by atoms with Crippen molar-refractivity contribution in [2.45, 2.75) is 43.1 Å². The summed E-state index contributed by atoms with van der Waals surface area (Å²) in [4.78, 5) is 0.143. The summed E-state index contributed by atoms with van der Waals surface area (Å²) in [5.41, 5.74) is -0.251. The van der Waals surface area contributed by atoms with Crippen molar-refractivity contribution in [3.8, 4) is 0 Å². The first-order valence-corrected chi connectivity index (χ1v) is 8.50. The Labute approximate surface area is 125 Å². The molecular weight excluding hydrogens is 295 g/mol. The maximum atomic E-state index is 12.6. The molecule has 1 aromatic rings. The Balaban J connectivity index is 1.90. The van der Waals surface area contributed by atoms with Gasteiger partial charge in [-0.2, -0.15) is 8.42 Å². The highest BCUT2D eigenvalue weighted by atomic mass is 32.2. The standard InChI is InChI=1S/C15H21FO4S/c1-12-2-4-14(5-3-12)21(18,19)20-10-13-6-8-15(17,11-16)9-7-13/h2-5,13,17H,6-11H2,1H3/t13-,15+. The Hall–Kier alpha value is -0.980. The second-order valence-corrected chi connectivity index (χ2v) is 7.47. The van der Waals surface area contributed by atoms with Gasteiger partial charge in [-0.1, -0.05) is 17.7 Å². The molecule has 0 amide bonds. The Morgan fingerprint density at radius 1 is 1.29 bits per heavy atom. The first-order valence-electron chi connectivity index (χ1n) is 7.09. The molecule has 1 aliphatic rings. The number of aryl methyl sites for hydroxylation is 1. The van der Waals surface area contributed by atoms with Crippen LogP contribution < -0.4 is 0 Å². The lowest BCUT2D eigenvalue weighted by atomic mass is 9.80. The Kier molecular flexibility index (Phi) is 5.01. The largest absolute Gasteiger partial charge is 0.387 e. The molecule has 0 aromatic heterocycles. The van der Waals surface area contributed by atoms with Crippen LogP contribution in [-0.2, 0) is 14.3 Å². The van der Waals surface area contributed by atoms with E-state index in [0.29, 0.717) is 25.7 Å². The van der Waals surface area contributed by atoms with Crippen molar-refractivity contribution in [2.75, 3.05) is 13.3 Å². The highest BCUT2D eigenvalue weighted by molar-refractivity contribution is 7.86. The van der Waals surface area contributed by atoms with E-state index in [1.807, 2.05) is 6.92 Å². The van der Waals surface area contributed by atoms with Crippen LogP contribution in [0.5, 0.6) is 0 Å². The van der Waals surface area contributed by atoms with Crippen LogP contribution in [-0.4, -0.2) is 32.4 Å². The maximum absolute atomic E-state index is 12.6. The van der Waals surface area contributed by atoms with Crippen molar-refractivity contribution < 1.29 is 22.1 Å². The van der Waals surface area contributed by atoms with Crippen LogP contribution in [0.15, 0.2) is 29.2 Å². The fraction of sp³-hybridized carbons (Fsp3) is 0.600. The fourth-order valence-corrected chi connectivity index (χ4v) is 3.45. The summed E-state index contributed by atoms with van der Waals surface area (Å²) in [6.07, 6.45) is 1.85. The van der Waals surface area contributed by atoms with E-state index in [0.717, 1.165) is 5.56 Å². The zero-order valence-electron chi connectivity index (χ0n) is 12.1. The second kappa shape index (κ2) is 6.42. The zero-order valence-corrected chi connectivity index (χ0v) is 12.9.